The van der Waals surface area contributed by atoms with Crippen LogP contribution in [0.4, 0.5) is 10.1 Å². The first kappa shape index (κ1) is 15.3. The Morgan fingerprint density at radius 1 is 1.33 bits per heavy atom. The fraction of sp³-hybridized carbons (Fsp3) is 0.133. The average molecular weight is 354 g/mol. The second-order valence-corrected chi connectivity index (χ2v) is 5.04. The fourth-order valence-corrected chi connectivity index (χ4v) is 2.04. The molecule has 0 fully saturated rings. The molecule has 0 saturated carbocycles. The highest BCUT2D eigenvalue weighted by atomic mass is 79.9. The van der Waals surface area contributed by atoms with Gasteiger partial charge in [0.15, 0.2) is 17.3 Å². The van der Waals surface area contributed by atoms with Gasteiger partial charge in [0.05, 0.1) is 12.3 Å². The molecule has 0 radical (unpaired) electrons. The lowest BCUT2D eigenvalue weighted by Crippen LogP contribution is -2.08. The number of nitrogens with two attached hydrogens (primary N) is 1. The number of halogens is 2. The van der Waals surface area contributed by atoms with Gasteiger partial charge in [-0.25, -0.2) is 9.18 Å². The van der Waals surface area contributed by atoms with Crippen molar-refractivity contribution in [2.45, 2.75) is 6.92 Å². The van der Waals surface area contributed by atoms with Crippen molar-refractivity contribution in [3.63, 3.8) is 0 Å². The molecule has 0 spiro atoms. The van der Waals surface area contributed by atoms with Crippen molar-refractivity contribution in [3.05, 3.63) is 52.3 Å². The van der Waals surface area contributed by atoms with Gasteiger partial charge >= 0.3 is 5.97 Å². The topological polar surface area (TPSA) is 61.5 Å². The first-order chi connectivity index (χ1) is 10.0. The van der Waals surface area contributed by atoms with Gasteiger partial charge in [-0.15, -0.1) is 0 Å². The minimum absolute atomic E-state index is 0.0263. The third-order valence-electron chi connectivity index (χ3n) is 2.65. The van der Waals surface area contributed by atoms with Gasteiger partial charge in [0.2, 0.25) is 0 Å². The molecular formula is C15H13BrFNO3. The smallest absolute Gasteiger partial charge is 0.342 e. The van der Waals surface area contributed by atoms with Crippen molar-refractivity contribution in [1.82, 2.24) is 0 Å². The number of anilines is 1. The van der Waals surface area contributed by atoms with Crippen molar-refractivity contribution < 1.29 is 18.7 Å². The number of carbonyl (C=O) groups excluding carboxylic acids is 1. The van der Waals surface area contributed by atoms with Crippen LogP contribution in [0.2, 0.25) is 0 Å². The Morgan fingerprint density at radius 2 is 2.10 bits per heavy atom. The van der Waals surface area contributed by atoms with E-state index in [-0.39, 0.29) is 29.4 Å². The molecular weight excluding hydrogens is 341 g/mol. The maximum Gasteiger partial charge on any atom is 0.342 e. The van der Waals surface area contributed by atoms with Crippen molar-refractivity contribution in [2.75, 3.05) is 12.3 Å². The number of carbonyl (C=O) groups is 1. The Bertz CT molecular complexity index is 676. The van der Waals surface area contributed by atoms with Crippen LogP contribution in [0.1, 0.15) is 17.3 Å². The molecule has 2 aromatic rings. The first-order valence-electron chi connectivity index (χ1n) is 6.21. The SMILES string of the molecule is CCOC(=O)c1cccc(N)c1Oc1ccc(Br)cc1F. The van der Waals surface area contributed by atoms with Gasteiger partial charge in [0.25, 0.3) is 0 Å². The summed E-state index contributed by atoms with van der Waals surface area (Å²) in [6.07, 6.45) is 0. The maximum absolute atomic E-state index is 13.8. The van der Waals surface area contributed by atoms with E-state index in [1.807, 2.05) is 0 Å². The maximum atomic E-state index is 13.8. The largest absolute Gasteiger partial charge is 0.462 e. The van der Waals surface area contributed by atoms with Crippen LogP contribution in [0.15, 0.2) is 40.9 Å². The van der Waals surface area contributed by atoms with Gasteiger partial charge in [-0.1, -0.05) is 22.0 Å². The second-order valence-electron chi connectivity index (χ2n) is 4.12. The molecule has 4 nitrogen and oxygen atoms in total. The molecule has 2 N–H and O–H groups in total. The van der Waals surface area contributed by atoms with Crippen molar-refractivity contribution in [1.29, 1.82) is 0 Å². The molecule has 0 amide bonds. The summed E-state index contributed by atoms with van der Waals surface area (Å²) in [6.45, 7) is 1.92. The number of para-hydroxylation sites is 1. The zero-order valence-electron chi connectivity index (χ0n) is 11.2. The number of nitrogen functional groups attached to an aromatic ring is 1. The van der Waals surface area contributed by atoms with Crippen LogP contribution in [-0.4, -0.2) is 12.6 Å². The Labute approximate surface area is 129 Å². The summed E-state index contributed by atoms with van der Waals surface area (Å²) >= 11 is 3.16. The highest BCUT2D eigenvalue weighted by Crippen LogP contribution is 2.33. The van der Waals surface area contributed by atoms with Crippen LogP contribution in [-0.2, 0) is 4.74 Å². The van der Waals surface area contributed by atoms with E-state index in [4.69, 9.17) is 15.2 Å². The van der Waals surface area contributed by atoms with Crippen LogP contribution in [0.25, 0.3) is 0 Å². The Morgan fingerprint density at radius 3 is 2.76 bits per heavy atom. The summed E-state index contributed by atoms with van der Waals surface area (Å²) in [5, 5.41) is 0. The van der Waals surface area contributed by atoms with E-state index in [1.54, 1.807) is 25.1 Å². The molecule has 0 heterocycles. The van der Waals surface area contributed by atoms with E-state index < -0.39 is 11.8 Å². The molecule has 6 heteroatoms. The summed E-state index contributed by atoms with van der Waals surface area (Å²) < 4.78 is 24.8. The number of rotatable bonds is 4. The molecule has 0 atom stereocenters. The second kappa shape index (κ2) is 6.58. The Kier molecular flexibility index (Phi) is 4.80. The van der Waals surface area contributed by atoms with E-state index in [9.17, 15) is 9.18 Å². The standard InChI is InChI=1S/C15H13BrFNO3/c1-2-20-15(19)10-4-3-5-12(18)14(10)21-13-7-6-9(16)8-11(13)17/h3-8H,2,18H2,1H3. The van der Waals surface area contributed by atoms with Gasteiger partial charge in [-0.3, -0.25) is 0 Å². The van der Waals surface area contributed by atoms with E-state index in [2.05, 4.69) is 15.9 Å². The summed E-state index contributed by atoms with van der Waals surface area (Å²) in [7, 11) is 0. The molecule has 21 heavy (non-hydrogen) atoms. The summed E-state index contributed by atoms with van der Waals surface area (Å²) in [4.78, 5) is 11.9. The zero-order chi connectivity index (χ0) is 15.4. The lowest BCUT2D eigenvalue weighted by Gasteiger charge is -2.13. The van der Waals surface area contributed by atoms with Gasteiger partial charge in [0, 0.05) is 4.47 Å². The molecule has 2 rings (SSSR count). The summed E-state index contributed by atoms with van der Waals surface area (Å²) in [5.41, 5.74) is 6.20. The predicted octanol–water partition coefficient (Wildman–Crippen LogP) is 4.14. The third kappa shape index (κ3) is 3.52. The number of hydrogen-bond donors (Lipinski definition) is 1. The van der Waals surface area contributed by atoms with Crippen LogP contribution in [0, 0.1) is 5.82 Å². The van der Waals surface area contributed by atoms with E-state index in [0.29, 0.717) is 4.47 Å². The first-order valence-corrected chi connectivity index (χ1v) is 7.00. The number of hydrogen-bond acceptors (Lipinski definition) is 4. The van der Waals surface area contributed by atoms with Crippen molar-refractivity contribution in [2.24, 2.45) is 0 Å². The molecule has 0 aliphatic heterocycles. The summed E-state index contributed by atoms with van der Waals surface area (Å²) in [5.74, 6) is -1.08. The van der Waals surface area contributed by atoms with Gasteiger partial charge in [0.1, 0.15) is 5.56 Å². The molecule has 2 aromatic carbocycles. The van der Waals surface area contributed by atoms with Crippen LogP contribution in [0.3, 0.4) is 0 Å². The van der Waals surface area contributed by atoms with Gasteiger partial charge < -0.3 is 15.2 Å². The summed E-state index contributed by atoms with van der Waals surface area (Å²) in [6, 6.07) is 9.02. The monoisotopic (exact) mass is 353 g/mol. The quantitative estimate of drug-likeness (QED) is 0.662. The minimum atomic E-state index is -0.572. The minimum Gasteiger partial charge on any atom is -0.462 e. The molecule has 0 unspecified atom stereocenters. The molecule has 0 aliphatic carbocycles. The Hall–Kier alpha value is -2.08. The Balaban J connectivity index is 2.41. The average Bonchev–Trinajstić information content (AvgIpc) is 2.43. The lowest BCUT2D eigenvalue weighted by molar-refractivity contribution is 0.0523. The molecule has 0 bridgehead atoms. The van der Waals surface area contributed by atoms with E-state index >= 15 is 0 Å². The molecule has 0 aromatic heterocycles. The number of ether oxygens (including phenoxy) is 2. The van der Waals surface area contributed by atoms with E-state index in [0.717, 1.165) is 0 Å². The fourth-order valence-electron chi connectivity index (χ4n) is 1.71. The third-order valence-corrected chi connectivity index (χ3v) is 3.14. The van der Waals surface area contributed by atoms with Gasteiger partial charge in [-0.05, 0) is 37.3 Å². The molecule has 0 saturated heterocycles. The van der Waals surface area contributed by atoms with Crippen LogP contribution >= 0.6 is 15.9 Å². The highest BCUT2D eigenvalue weighted by molar-refractivity contribution is 9.10. The number of benzene rings is 2. The zero-order valence-corrected chi connectivity index (χ0v) is 12.8. The number of esters is 1. The van der Waals surface area contributed by atoms with Gasteiger partial charge in [-0.2, -0.15) is 0 Å². The lowest BCUT2D eigenvalue weighted by atomic mass is 10.1. The predicted molar refractivity (Wildman–Crippen MR) is 81.0 cm³/mol. The van der Waals surface area contributed by atoms with Crippen molar-refractivity contribution in [3.8, 4) is 11.5 Å². The molecule has 0 aliphatic rings. The highest BCUT2D eigenvalue weighted by Gasteiger charge is 2.18. The van der Waals surface area contributed by atoms with Crippen LogP contribution in [0.5, 0.6) is 11.5 Å². The van der Waals surface area contributed by atoms with Crippen molar-refractivity contribution >= 4 is 27.6 Å². The molecule has 110 valence electrons. The van der Waals surface area contributed by atoms with E-state index in [1.165, 1.54) is 18.2 Å². The normalized spacial score (nSPS) is 10.2. The van der Waals surface area contributed by atoms with Crippen LogP contribution < -0.4 is 10.5 Å².